The summed E-state index contributed by atoms with van der Waals surface area (Å²) in [7, 11) is 0. The number of thioether (sulfide) groups is 1. The van der Waals surface area contributed by atoms with Gasteiger partial charge in [0.1, 0.15) is 23.3 Å². The first-order chi connectivity index (χ1) is 12.0. The molecule has 0 radical (unpaired) electrons. The fourth-order valence-corrected chi connectivity index (χ4v) is 3.07. The number of aromatic nitrogens is 2. The van der Waals surface area contributed by atoms with Crippen molar-refractivity contribution in [3.05, 3.63) is 52.7 Å². The van der Waals surface area contributed by atoms with E-state index in [1.807, 2.05) is 6.07 Å². The minimum atomic E-state index is -0.712. The Morgan fingerprint density at radius 1 is 1.36 bits per heavy atom. The Bertz CT molecular complexity index is 960. The molecule has 1 aromatic carbocycles. The molecule has 25 heavy (non-hydrogen) atoms. The molecule has 124 valence electrons. The number of nitriles is 1. The molecule has 4 N–H and O–H groups in total. The monoisotopic (exact) mass is 353 g/mol. The average molecular weight is 353 g/mol. The van der Waals surface area contributed by atoms with Gasteiger partial charge in [0.2, 0.25) is 11.8 Å². The van der Waals surface area contributed by atoms with E-state index in [1.165, 1.54) is 23.9 Å². The maximum atomic E-state index is 13.7. The molecule has 0 aliphatic carbocycles. The lowest BCUT2D eigenvalue weighted by Gasteiger charge is -2.26. The number of rotatable bonds is 3. The summed E-state index contributed by atoms with van der Waals surface area (Å²) < 4.78 is 19.1. The molecule has 1 atom stereocenters. The highest BCUT2D eigenvalue weighted by molar-refractivity contribution is 7.99. The van der Waals surface area contributed by atoms with Crippen LogP contribution in [0.4, 0.5) is 10.2 Å². The summed E-state index contributed by atoms with van der Waals surface area (Å²) in [5.41, 5.74) is 13.0. The number of ether oxygens (including phenoxy) is 1. The maximum Gasteiger partial charge on any atom is 0.231 e. The van der Waals surface area contributed by atoms with E-state index in [0.29, 0.717) is 22.0 Å². The largest absolute Gasteiger partial charge is 0.422 e. The van der Waals surface area contributed by atoms with Crippen molar-refractivity contribution in [2.24, 2.45) is 5.73 Å². The number of anilines is 1. The molecule has 0 bridgehead atoms. The summed E-state index contributed by atoms with van der Waals surface area (Å²) in [5, 5.41) is 9.81. The Labute approximate surface area is 147 Å². The lowest BCUT2D eigenvalue weighted by Crippen LogP contribution is -2.23. The Morgan fingerprint density at radius 3 is 2.84 bits per heavy atom. The summed E-state index contributed by atoms with van der Waals surface area (Å²) in [6.45, 7) is 0. The van der Waals surface area contributed by atoms with E-state index < -0.39 is 11.7 Å². The molecule has 6 nitrogen and oxygen atoms in total. The zero-order chi connectivity index (χ0) is 18.0. The van der Waals surface area contributed by atoms with Crippen molar-refractivity contribution < 1.29 is 9.13 Å². The number of nitrogens with two attached hydrogens (primary N) is 2. The van der Waals surface area contributed by atoms with Crippen LogP contribution < -0.4 is 16.2 Å². The van der Waals surface area contributed by atoms with Crippen molar-refractivity contribution in [2.75, 3.05) is 11.5 Å². The van der Waals surface area contributed by atoms with Crippen LogP contribution in [0.3, 0.4) is 0 Å². The number of nitrogens with zero attached hydrogens (tertiary/aromatic N) is 3. The fourth-order valence-electron chi connectivity index (χ4n) is 2.55. The number of allylic oxidation sites excluding steroid dienone is 1. The molecule has 0 saturated carbocycles. The summed E-state index contributed by atoms with van der Waals surface area (Å²) in [6, 6.07) is 7.84. The Balaban J connectivity index is 2.19. The van der Waals surface area contributed by atoms with Crippen molar-refractivity contribution in [1.29, 1.82) is 5.26 Å². The predicted octanol–water partition coefficient (Wildman–Crippen LogP) is 2.14. The number of terminal acetylenes is 1. The van der Waals surface area contributed by atoms with Crippen molar-refractivity contribution >= 4 is 17.6 Å². The fraction of sp³-hybridized carbons (Fsp3) is 0.118. The quantitative estimate of drug-likeness (QED) is 0.494. The third-order valence-electron chi connectivity index (χ3n) is 3.56. The van der Waals surface area contributed by atoms with Crippen molar-refractivity contribution in [2.45, 2.75) is 11.1 Å². The van der Waals surface area contributed by atoms with E-state index in [1.54, 1.807) is 12.1 Å². The SMILES string of the molecule is C#CCSc1nc(N)c2c(n1)OC(N)=C(C#N)[C@H]2c1cccc(F)c1. The van der Waals surface area contributed by atoms with Crippen LogP contribution in [0.1, 0.15) is 17.0 Å². The predicted molar refractivity (Wildman–Crippen MR) is 91.7 cm³/mol. The number of halogens is 1. The zero-order valence-corrected chi connectivity index (χ0v) is 13.7. The lowest BCUT2D eigenvalue weighted by molar-refractivity contribution is 0.372. The lowest BCUT2D eigenvalue weighted by atomic mass is 9.84. The molecule has 0 fully saturated rings. The van der Waals surface area contributed by atoms with Crippen molar-refractivity contribution in [1.82, 2.24) is 9.97 Å². The molecule has 2 heterocycles. The van der Waals surface area contributed by atoms with Crippen LogP contribution >= 0.6 is 11.8 Å². The van der Waals surface area contributed by atoms with E-state index in [4.69, 9.17) is 22.6 Å². The van der Waals surface area contributed by atoms with E-state index in [-0.39, 0.29) is 23.2 Å². The topological polar surface area (TPSA) is 111 Å². The average Bonchev–Trinajstić information content (AvgIpc) is 2.58. The Morgan fingerprint density at radius 2 is 2.16 bits per heavy atom. The van der Waals surface area contributed by atoms with Crippen LogP contribution in [0.25, 0.3) is 0 Å². The summed E-state index contributed by atoms with van der Waals surface area (Å²) in [6.07, 6.45) is 5.23. The van der Waals surface area contributed by atoms with Crippen LogP contribution in [0.5, 0.6) is 5.88 Å². The Hall–Kier alpha value is -3.23. The second kappa shape index (κ2) is 6.71. The minimum absolute atomic E-state index is 0.102. The molecule has 3 rings (SSSR count). The van der Waals surface area contributed by atoms with Crippen LogP contribution in [-0.2, 0) is 0 Å². The van der Waals surface area contributed by atoms with Crippen LogP contribution in [0, 0.1) is 29.5 Å². The van der Waals surface area contributed by atoms with E-state index in [9.17, 15) is 9.65 Å². The molecule has 0 amide bonds. The van der Waals surface area contributed by atoms with Gasteiger partial charge in [0.25, 0.3) is 0 Å². The number of hydrogen-bond acceptors (Lipinski definition) is 7. The van der Waals surface area contributed by atoms with Gasteiger partial charge in [-0.1, -0.05) is 29.8 Å². The summed E-state index contributed by atoms with van der Waals surface area (Å²) in [5.74, 6) is 1.83. The summed E-state index contributed by atoms with van der Waals surface area (Å²) in [4.78, 5) is 8.47. The maximum absolute atomic E-state index is 13.7. The third-order valence-corrected chi connectivity index (χ3v) is 4.31. The van der Waals surface area contributed by atoms with Crippen LogP contribution in [-0.4, -0.2) is 15.7 Å². The van der Waals surface area contributed by atoms with E-state index in [0.717, 1.165) is 0 Å². The van der Waals surface area contributed by atoms with Gasteiger partial charge in [-0.05, 0) is 17.7 Å². The number of nitrogen functional groups attached to an aromatic ring is 1. The van der Waals surface area contributed by atoms with Gasteiger partial charge in [-0.25, -0.2) is 9.37 Å². The first kappa shape index (κ1) is 16.6. The molecule has 0 saturated heterocycles. The van der Waals surface area contributed by atoms with E-state index >= 15 is 0 Å². The van der Waals surface area contributed by atoms with Crippen molar-refractivity contribution in [3.63, 3.8) is 0 Å². The van der Waals surface area contributed by atoms with E-state index in [2.05, 4.69) is 15.9 Å². The molecule has 0 unspecified atom stereocenters. The van der Waals surface area contributed by atoms with Gasteiger partial charge in [0.15, 0.2) is 5.16 Å². The highest BCUT2D eigenvalue weighted by Gasteiger charge is 2.34. The highest BCUT2D eigenvalue weighted by Crippen LogP contribution is 2.44. The van der Waals surface area contributed by atoms with Gasteiger partial charge >= 0.3 is 0 Å². The molecular weight excluding hydrogens is 341 g/mol. The van der Waals surface area contributed by atoms with Gasteiger partial charge in [-0.2, -0.15) is 10.2 Å². The minimum Gasteiger partial charge on any atom is -0.422 e. The molecular formula is C17H12FN5OS. The smallest absolute Gasteiger partial charge is 0.231 e. The molecule has 1 aliphatic heterocycles. The number of fused-ring (bicyclic) bond motifs is 1. The van der Waals surface area contributed by atoms with Gasteiger partial charge in [-0.15, -0.1) is 6.42 Å². The molecule has 8 heteroatoms. The first-order valence-electron chi connectivity index (χ1n) is 7.12. The van der Waals surface area contributed by atoms with Gasteiger partial charge < -0.3 is 16.2 Å². The van der Waals surface area contributed by atoms with Crippen molar-refractivity contribution in [3.8, 4) is 24.3 Å². The second-order valence-electron chi connectivity index (χ2n) is 5.08. The molecule has 1 aromatic heterocycles. The summed E-state index contributed by atoms with van der Waals surface area (Å²) >= 11 is 1.21. The molecule has 2 aromatic rings. The molecule has 1 aliphatic rings. The number of hydrogen-bond donors (Lipinski definition) is 2. The normalized spacial score (nSPS) is 15.7. The number of benzene rings is 1. The standard InChI is InChI=1S/C17H12FN5OS/c1-2-6-25-17-22-14(20)13-12(9-4-3-5-10(18)7-9)11(8-19)15(21)24-16(13)23-17/h1,3-5,7,12H,6,21H2,(H2,20,22,23)/t12-/m1/s1. The van der Waals surface area contributed by atoms with Crippen LogP contribution in [0.15, 0.2) is 40.9 Å². The van der Waals surface area contributed by atoms with Gasteiger partial charge in [0, 0.05) is 0 Å². The first-order valence-corrected chi connectivity index (χ1v) is 8.10. The van der Waals surface area contributed by atoms with Crippen LogP contribution in [0.2, 0.25) is 0 Å². The Kier molecular flexibility index (Phi) is 4.46. The van der Waals surface area contributed by atoms with Gasteiger partial charge in [-0.3, -0.25) is 0 Å². The highest BCUT2D eigenvalue weighted by atomic mass is 32.2. The van der Waals surface area contributed by atoms with Gasteiger partial charge in [0.05, 0.1) is 17.2 Å². The second-order valence-corrected chi connectivity index (χ2v) is 6.03. The zero-order valence-electron chi connectivity index (χ0n) is 12.9. The third kappa shape index (κ3) is 3.08. The molecule has 0 spiro atoms.